The molecule has 1 unspecified atom stereocenters. The molecular formula is C30H34ClN3O4. The average molecular weight is 536 g/mol. The Morgan fingerprint density at radius 3 is 2.42 bits per heavy atom. The second-order valence-electron chi connectivity index (χ2n) is 9.71. The van der Waals surface area contributed by atoms with Crippen LogP contribution in [0, 0.1) is 0 Å². The van der Waals surface area contributed by atoms with Gasteiger partial charge in [0.2, 0.25) is 11.8 Å². The summed E-state index contributed by atoms with van der Waals surface area (Å²) in [7, 11) is 5.54. The van der Waals surface area contributed by atoms with Crippen LogP contribution in [0.2, 0.25) is 5.02 Å². The van der Waals surface area contributed by atoms with E-state index in [2.05, 4.69) is 12.2 Å². The lowest BCUT2D eigenvalue weighted by molar-refractivity contribution is -0.118. The monoisotopic (exact) mass is 535 g/mol. The summed E-state index contributed by atoms with van der Waals surface area (Å²) in [6.45, 7) is 5.52. The van der Waals surface area contributed by atoms with Gasteiger partial charge >= 0.3 is 0 Å². The molecule has 0 spiro atoms. The molecule has 3 aromatic rings. The van der Waals surface area contributed by atoms with Crippen molar-refractivity contribution in [2.75, 3.05) is 36.3 Å². The number of rotatable bonds is 8. The number of benzene rings is 3. The third-order valence-electron chi connectivity index (χ3n) is 6.76. The summed E-state index contributed by atoms with van der Waals surface area (Å²) in [5.41, 5.74) is 4.81. The molecule has 1 aliphatic heterocycles. The summed E-state index contributed by atoms with van der Waals surface area (Å²) in [5, 5.41) is 3.39. The summed E-state index contributed by atoms with van der Waals surface area (Å²) in [6, 6.07) is 16.5. The Hall–Kier alpha value is -3.71. The number of hydrogen-bond donors (Lipinski definition) is 1. The molecule has 2 amide bonds. The van der Waals surface area contributed by atoms with Crippen LogP contribution in [0.25, 0.3) is 0 Å². The first kappa shape index (κ1) is 27.3. The number of fused-ring (bicyclic) bond motifs is 1. The molecule has 0 aliphatic carbocycles. The zero-order chi connectivity index (χ0) is 27.6. The van der Waals surface area contributed by atoms with Gasteiger partial charge in [-0.2, -0.15) is 0 Å². The quantitative estimate of drug-likeness (QED) is 0.370. The first-order valence-electron chi connectivity index (χ1n) is 12.7. The van der Waals surface area contributed by atoms with Crippen LogP contribution in [-0.4, -0.2) is 39.1 Å². The highest BCUT2D eigenvalue weighted by Crippen LogP contribution is 2.46. The highest BCUT2D eigenvalue weighted by atomic mass is 35.5. The number of nitrogens with one attached hydrogen (secondary N) is 1. The van der Waals surface area contributed by atoms with Crippen LogP contribution in [0.1, 0.15) is 49.9 Å². The summed E-state index contributed by atoms with van der Waals surface area (Å²) in [5.74, 6) is 0.894. The van der Waals surface area contributed by atoms with E-state index in [0.29, 0.717) is 22.2 Å². The molecule has 0 bridgehead atoms. The second kappa shape index (κ2) is 11.4. The lowest BCUT2D eigenvalue weighted by atomic mass is 9.86. The minimum atomic E-state index is -0.541. The molecule has 3 aromatic carbocycles. The van der Waals surface area contributed by atoms with Gasteiger partial charge in [-0.1, -0.05) is 24.6 Å². The number of halogens is 1. The highest BCUT2D eigenvalue weighted by Gasteiger charge is 2.37. The Kier molecular flexibility index (Phi) is 8.17. The van der Waals surface area contributed by atoms with Crippen LogP contribution in [-0.2, 0) is 16.0 Å². The number of hydrogen-bond acceptors (Lipinski definition) is 5. The lowest BCUT2D eigenvalue weighted by Gasteiger charge is -2.39. The Morgan fingerprint density at radius 1 is 1.11 bits per heavy atom. The molecule has 2 atom stereocenters. The van der Waals surface area contributed by atoms with Gasteiger partial charge in [-0.3, -0.25) is 9.59 Å². The maximum Gasteiger partial charge on any atom is 0.232 e. The summed E-state index contributed by atoms with van der Waals surface area (Å²) in [6.07, 6.45) is 1.01. The zero-order valence-corrected chi connectivity index (χ0v) is 23.4. The van der Waals surface area contributed by atoms with Crippen molar-refractivity contribution < 1.29 is 19.1 Å². The third-order valence-corrected chi connectivity index (χ3v) is 6.99. The number of carbonyl (C=O) groups excluding carboxylic acids is 2. The largest absolute Gasteiger partial charge is 0.493 e. The van der Waals surface area contributed by atoms with Crippen LogP contribution in [0.4, 0.5) is 17.1 Å². The number of anilines is 3. The van der Waals surface area contributed by atoms with Crippen LogP contribution in [0.5, 0.6) is 11.5 Å². The molecule has 0 saturated heterocycles. The standard InChI is InChI=1S/C30H34ClN3O4/c1-7-18(2)38-28-17-25-20(14-27(28)37-6)15-29(36)34(23-11-9-22(10-12-23)33(4)5)30(25)24-13-8-21(31)16-26(24)32-19(3)35/h8-14,16-18,30H,7,15H2,1-6H3,(H,32,35)/t18-,30?/m1/s1. The van der Waals surface area contributed by atoms with Crippen molar-refractivity contribution in [2.24, 2.45) is 0 Å². The Morgan fingerprint density at radius 2 is 1.82 bits per heavy atom. The SMILES string of the molecule is CC[C@@H](C)Oc1cc2c(cc1OC)CC(=O)N(c1ccc(N(C)C)cc1)C2c1ccc(Cl)cc1NC(C)=O. The predicted octanol–water partition coefficient (Wildman–Crippen LogP) is 6.23. The van der Waals surface area contributed by atoms with Crippen molar-refractivity contribution in [3.63, 3.8) is 0 Å². The molecule has 0 fully saturated rings. The molecule has 0 radical (unpaired) electrons. The molecule has 4 rings (SSSR count). The number of methoxy groups -OCH3 is 1. The molecule has 0 saturated carbocycles. The fourth-order valence-corrected chi connectivity index (χ4v) is 4.86. The van der Waals surface area contributed by atoms with Gasteiger partial charge in [-0.25, -0.2) is 0 Å². The van der Waals surface area contributed by atoms with E-state index in [4.69, 9.17) is 21.1 Å². The van der Waals surface area contributed by atoms with Gasteiger partial charge < -0.3 is 24.6 Å². The molecule has 200 valence electrons. The number of nitrogens with zero attached hydrogens (tertiary/aromatic N) is 2. The van der Waals surface area contributed by atoms with E-state index in [9.17, 15) is 9.59 Å². The van der Waals surface area contributed by atoms with Gasteiger partial charge in [0.15, 0.2) is 11.5 Å². The smallest absolute Gasteiger partial charge is 0.232 e. The highest BCUT2D eigenvalue weighted by molar-refractivity contribution is 6.31. The number of amides is 2. The fourth-order valence-electron chi connectivity index (χ4n) is 4.68. The first-order valence-corrected chi connectivity index (χ1v) is 13.0. The van der Waals surface area contributed by atoms with Crippen LogP contribution in [0.3, 0.4) is 0 Å². The Labute approximate surface area is 229 Å². The summed E-state index contributed by atoms with van der Waals surface area (Å²) >= 11 is 6.33. The van der Waals surface area contributed by atoms with Crippen LogP contribution >= 0.6 is 11.6 Å². The molecule has 1 aliphatic rings. The number of carbonyl (C=O) groups is 2. The van der Waals surface area contributed by atoms with Gasteiger partial charge in [-0.05, 0) is 73.0 Å². The minimum absolute atomic E-state index is 0.0224. The first-order chi connectivity index (χ1) is 18.1. The fraction of sp³-hybridized carbons (Fsp3) is 0.333. The molecular weight excluding hydrogens is 502 g/mol. The van der Waals surface area contributed by atoms with Gasteiger partial charge in [0.05, 0.1) is 25.7 Å². The molecule has 7 nitrogen and oxygen atoms in total. The van der Waals surface area contributed by atoms with Crippen molar-refractivity contribution in [1.82, 2.24) is 0 Å². The van der Waals surface area contributed by atoms with Gasteiger partial charge in [-0.15, -0.1) is 0 Å². The van der Waals surface area contributed by atoms with Crippen molar-refractivity contribution in [2.45, 2.75) is 45.8 Å². The average Bonchev–Trinajstić information content (AvgIpc) is 2.87. The second-order valence-corrected chi connectivity index (χ2v) is 10.1. The summed E-state index contributed by atoms with van der Waals surface area (Å²) in [4.78, 5) is 29.7. The van der Waals surface area contributed by atoms with Crippen LogP contribution < -0.4 is 24.6 Å². The molecule has 1 N–H and O–H groups in total. The van der Waals surface area contributed by atoms with E-state index >= 15 is 0 Å². The Bertz CT molecular complexity index is 1340. The van der Waals surface area contributed by atoms with Gasteiger partial charge in [0.25, 0.3) is 0 Å². The predicted molar refractivity (Wildman–Crippen MR) is 153 cm³/mol. The van der Waals surface area contributed by atoms with E-state index < -0.39 is 6.04 Å². The van der Waals surface area contributed by atoms with Crippen molar-refractivity contribution >= 4 is 40.5 Å². The number of ether oxygens (including phenoxy) is 2. The topological polar surface area (TPSA) is 71.1 Å². The molecule has 8 heteroatoms. The van der Waals surface area contributed by atoms with E-state index in [1.165, 1.54) is 6.92 Å². The molecule has 0 aromatic heterocycles. The Balaban J connectivity index is 1.96. The van der Waals surface area contributed by atoms with Gasteiger partial charge in [0, 0.05) is 48.7 Å². The van der Waals surface area contributed by atoms with Crippen LogP contribution in [0.15, 0.2) is 54.6 Å². The van der Waals surface area contributed by atoms with Gasteiger partial charge in [0.1, 0.15) is 0 Å². The van der Waals surface area contributed by atoms with E-state index in [0.717, 1.165) is 34.5 Å². The van der Waals surface area contributed by atoms with Crippen molar-refractivity contribution in [1.29, 1.82) is 0 Å². The normalized spacial score (nSPS) is 15.5. The summed E-state index contributed by atoms with van der Waals surface area (Å²) < 4.78 is 11.9. The lowest BCUT2D eigenvalue weighted by Crippen LogP contribution is -2.41. The van der Waals surface area contributed by atoms with E-state index in [1.54, 1.807) is 24.1 Å². The van der Waals surface area contributed by atoms with Crippen molar-refractivity contribution in [3.05, 3.63) is 76.3 Å². The zero-order valence-electron chi connectivity index (χ0n) is 22.7. The molecule has 38 heavy (non-hydrogen) atoms. The van der Waals surface area contributed by atoms with Crippen molar-refractivity contribution in [3.8, 4) is 11.5 Å². The third kappa shape index (κ3) is 5.58. The van der Waals surface area contributed by atoms with E-state index in [1.807, 2.05) is 68.4 Å². The molecule has 1 heterocycles. The maximum atomic E-state index is 13.8. The maximum absolute atomic E-state index is 13.8. The minimum Gasteiger partial charge on any atom is -0.493 e. The van der Waals surface area contributed by atoms with E-state index in [-0.39, 0.29) is 24.3 Å².